The first-order chi connectivity index (χ1) is 27.7. The van der Waals surface area contributed by atoms with E-state index in [4.69, 9.17) is 6.57 Å². The fourth-order valence-corrected chi connectivity index (χ4v) is 10.3. The van der Waals surface area contributed by atoms with Crippen molar-refractivity contribution in [2.24, 2.45) is 0 Å². The van der Waals surface area contributed by atoms with Gasteiger partial charge < -0.3 is 9.13 Å². The number of benzene rings is 9. The Morgan fingerprint density at radius 2 is 0.821 bits per heavy atom. The van der Waals surface area contributed by atoms with E-state index in [-0.39, 0.29) is 0 Å². The van der Waals surface area contributed by atoms with Crippen LogP contribution in [0, 0.1) is 17.9 Å². The van der Waals surface area contributed by atoms with Crippen LogP contribution < -0.4 is 0 Å². The lowest BCUT2D eigenvalue weighted by atomic mass is 9.99. The third-order valence-corrected chi connectivity index (χ3v) is 12.4. The molecule has 0 aliphatic heterocycles. The third-order valence-electron chi connectivity index (χ3n) is 12.4. The molecule has 0 N–H and O–H groups in total. The highest BCUT2D eigenvalue weighted by molar-refractivity contribution is 6.29. The molecule has 13 rings (SSSR count). The van der Waals surface area contributed by atoms with Crippen LogP contribution in [-0.4, -0.2) is 9.13 Å². The lowest BCUT2D eigenvalue weighted by Gasteiger charge is -2.17. The molecule has 0 amide bonds. The summed E-state index contributed by atoms with van der Waals surface area (Å²) in [6.07, 6.45) is 0. The summed E-state index contributed by atoms with van der Waals surface area (Å²) in [5.41, 5.74) is 16.1. The smallest absolute Gasteiger partial charge is 0.230 e. The zero-order chi connectivity index (χ0) is 36.8. The quantitative estimate of drug-likeness (QED) is 0.165. The summed E-state index contributed by atoms with van der Waals surface area (Å²) in [5, 5.41) is 20.4. The molecule has 0 saturated carbocycles. The molecule has 11 aromatic rings. The molecule has 2 aliphatic rings. The molecule has 2 aromatic heterocycles. The summed E-state index contributed by atoms with van der Waals surface area (Å²) in [4.78, 5) is 4.22. The van der Waals surface area contributed by atoms with Crippen molar-refractivity contribution in [1.82, 2.24) is 9.13 Å². The predicted molar refractivity (Wildman–Crippen MR) is 230 cm³/mol. The SMILES string of the molecule is [C-]#[N+]c1c(-n2c3ccccc3c3cc4c5c(cccc5c32)-c2ccccc2-4)ccc(-n2c3ccccc3c3cc4c5c(cccc5c32)-c2ccccc2-4)c1C#N. The van der Waals surface area contributed by atoms with Gasteiger partial charge in [-0.1, -0.05) is 121 Å². The molecular weight excluding hydrogens is 681 g/mol. The summed E-state index contributed by atoms with van der Waals surface area (Å²) < 4.78 is 4.46. The minimum Gasteiger partial charge on any atom is -0.318 e. The number of para-hydroxylation sites is 2. The van der Waals surface area contributed by atoms with Crippen molar-refractivity contribution in [3.63, 3.8) is 0 Å². The molecule has 56 heavy (non-hydrogen) atoms. The highest BCUT2D eigenvalue weighted by Gasteiger charge is 2.29. The van der Waals surface area contributed by atoms with Crippen LogP contribution in [0.3, 0.4) is 0 Å². The van der Waals surface area contributed by atoms with E-state index in [1.54, 1.807) is 0 Å². The number of aromatic nitrogens is 2. The lowest BCUT2D eigenvalue weighted by molar-refractivity contribution is 1.15. The Kier molecular flexibility index (Phi) is 5.48. The molecule has 2 aliphatic carbocycles. The van der Waals surface area contributed by atoms with Crippen LogP contribution in [-0.2, 0) is 0 Å². The summed E-state index contributed by atoms with van der Waals surface area (Å²) >= 11 is 0. The van der Waals surface area contributed by atoms with Crippen LogP contribution in [0.4, 0.5) is 5.69 Å². The number of nitrogens with zero attached hydrogens (tertiary/aromatic N) is 4. The molecule has 9 aromatic carbocycles. The molecule has 2 heterocycles. The van der Waals surface area contributed by atoms with Gasteiger partial charge in [-0.2, -0.15) is 5.26 Å². The molecule has 0 radical (unpaired) electrons. The molecule has 0 unspecified atom stereocenters. The Morgan fingerprint density at radius 3 is 1.32 bits per heavy atom. The van der Waals surface area contributed by atoms with E-state index in [9.17, 15) is 5.26 Å². The summed E-state index contributed by atoms with van der Waals surface area (Å²) in [7, 11) is 0. The lowest BCUT2D eigenvalue weighted by Crippen LogP contribution is -2.02. The van der Waals surface area contributed by atoms with E-state index in [1.807, 2.05) is 0 Å². The largest absolute Gasteiger partial charge is 0.318 e. The fourth-order valence-electron chi connectivity index (χ4n) is 10.3. The standard InChI is InChI=1S/C52H26N4/c1-54-50-43(28-53)46(55-44-22-8-6-16-33(44)41-26-39-31-14-4-2-12-29(31)35-18-10-20-37(48(35)39)51(41)55)24-25-47(50)56-45-23-9-7-17-34(45)42-27-40-32-15-5-3-13-30(32)36-19-11-21-38(49(36)40)52(42)56/h2-27H. The zero-order valence-electron chi connectivity index (χ0n) is 29.8. The number of rotatable bonds is 2. The van der Waals surface area contributed by atoms with Crippen molar-refractivity contribution < 1.29 is 0 Å². The van der Waals surface area contributed by atoms with Crippen molar-refractivity contribution >= 4 is 70.8 Å². The monoisotopic (exact) mass is 706 g/mol. The minimum absolute atomic E-state index is 0.337. The fraction of sp³-hybridized carbons (Fsp3) is 0. The van der Waals surface area contributed by atoms with Gasteiger partial charge in [0.1, 0.15) is 0 Å². The third kappa shape index (κ3) is 3.44. The summed E-state index contributed by atoms with van der Waals surface area (Å²) in [6.45, 7) is 8.75. The second kappa shape index (κ2) is 10.4. The van der Waals surface area contributed by atoms with Gasteiger partial charge in [0, 0.05) is 32.3 Å². The molecule has 0 spiro atoms. The van der Waals surface area contributed by atoms with E-state index in [1.165, 1.54) is 55.3 Å². The van der Waals surface area contributed by atoms with Crippen LogP contribution in [0.5, 0.6) is 0 Å². The van der Waals surface area contributed by atoms with Gasteiger partial charge in [-0.3, -0.25) is 0 Å². The van der Waals surface area contributed by atoms with E-state index >= 15 is 0 Å². The Hall–Kier alpha value is -7.92. The molecule has 0 bridgehead atoms. The molecule has 0 atom stereocenters. The van der Waals surface area contributed by atoms with Gasteiger partial charge in [-0.15, -0.1) is 0 Å². The van der Waals surface area contributed by atoms with Crippen molar-refractivity contribution in [1.29, 1.82) is 5.26 Å². The van der Waals surface area contributed by atoms with Gasteiger partial charge in [0.2, 0.25) is 5.69 Å². The first kappa shape index (κ1) is 29.5. The molecule has 4 nitrogen and oxygen atoms in total. The van der Waals surface area contributed by atoms with Crippen LogP contribution in [0.2, 0.25) is 0 Å². The van der Waals surface area contributed by atoms with E-state index < -0.39 is 0 Å². The van der Waals surface area contributed by atoms with Gasteiger partial charge in [-0.25, -0.2) is 4.85 Å². The average Bonchev–Trinajstić information content (AvgIpc) is 3.98. The maximum atomic E-state index is 11.2. The van der Waals surface area contributed by atoms with Crippen molar-refractivity contribution in [2.75, 3.05) is 0 Å². The highest BCUT2D eigenvalue weighted by atomic mass is 15.0. The number of nitriles is 1. The van der Waals surface area contributed by atoms with Crippen molar-refractivity contribution in [2.45, 2.75) is 0 Å². The number of hydrogen-bond acceptors (Lipinski definition) is 1. The van der Waals surface area contributed by atoms with Gasteiger partial charge in [-0.05, 0) is 91.7 Å². The molecule has 0 fully saturated rings. The van der Waals surface area contributed by atoms with Gasteiger partial charge in [0.05, 0.1) is 51.6 Å². The van der Waals surface area contributed by atoms with Crippen LogP contribution in [0.25, 0.3) is 126 Å². The minimum atomic E-state index is 0.337. The number of fused-ring (bicyclic) bond motifs is 14. The second-order valence-corrected chi connectivity index (χ2v) is 14.9. The first-order valence-corrected chi connectivity index (χ1v) is 18.9. The molecule has 0 saturated heterocycles. The Balaban J connectivity index is 1.15. The Bertz CT molecular complexity index is 3480. The van der Waals surface area contributed by atoms with Crippen molar-refractivity contribution in [3.8, 4) is 62.0 Å². The van der Waals surface area contributed by atoms with Gasteiger partial charge >= 0.3 is 0 Å². The zero-order valence-corrected chi connectivity index (χ0v) is 29.8. The van der Waals surface area contributed by atoms with E-state index in [0.717, 1.165) is 54.4 Å². The Labute approximate surface area is 320 Å². The highest BCUT2D eigenvalue weighted by Crippen LogP contribution is 2.53. The second-order valence-electron chi connectivity index (χ2n) is 14.9. The van der Waals surface area contributed by atoms with Crippen LogP contribution in [0.1, 0.15) is 5.56 Å². The summed E-state index contributed by atoms with van der Waals surface area (Å²) in [6, 6.07) is 58.6. The molecular formula is C52H26N4. The van der Waals surface area contributed by atoms with Gasteiger partial charge in [0.25, 0.3) is 0 Å². The Morgan fingerprint density at radius 1 is 0.411 bits per heavy atom. The normalized spacial score (nSPS) is 12.2. The topological polar surface area (TPSA) is 38.0 Å². The van der Waals surface area contributed by atoms with Gasteiger partial charge in [0.15, 0.2) is 0 Å². The van der Waals surface area contributed by atoms with E-state index in [0.29, 0.717) is 22.6 Å². The summed E-state index contributed by atoms with van der Waals surface area (Å²) in [5.74, 6) is 0. The first-order valence-electron chi connectivity index (χ1n) is 18.9. The number of hydrogen-bond donors (Lipinski definition) is 0. The average molecular weight is 707 g/mol. The van der Waals surface area contributed by atoms with Crippen LogP contribution >= 0.6 is 0 Å². The maximum Gasteiger partial charge on any atom is 0.230 e. The molecule has 254 valence electrons. The van der Waals surface area contributed by atoms with Crippen LogP contribution in [0.15, 0.2) is 158 Å². The maximum absolute atomic E-state index is 11.2. The molecule has 4 heteroatoms. The predicted octanol–water partition coefficient (Wildman–Crippen LogP) is 13.9. The van der Waals surface area contributed by atoms with Crippen molar-refractivity contribution in [3.05, 3.63) is 175 Å². The van der Waals surface area contributed by atoms with E-state index in [2.05, 4.69) is 178 Å².